The van der Waals surface area contributed by atoms with Crippen LogP contribution in [0.2, 0.25) is 5.02 Å². The first-order valence-electron chi connectivity index (χ1n) is 9.52. The number of methoxy groups -OCH3 is 1. The van der Waals surface area contributed by atoms with Gasteiger partial charge in [0.25, 0.3) is 0 Å². The van der Waals surface area contributed by atoms with Crippen molar-refractivity contribution in [2.45, 2.75) is 20.0 Å². The van der Waals surface area contributed by atoms with Crippen molar-refractivity contribution in [3.63, 3.8) is 0 Å². The minimum Gasteiger partial charge on any atom is -0.493 e. The Morgan fingerprint density at radius 2 is 2.13 bits per heavy atom. The average Bonchev–Trinajstić information content (AvgIpc) is 3.19. The number of hydrogen-bond donors (Lipinski definition) is 1. The van der Waals surface area contributed by atoms with E-state index in [1.165, 1.54) is 11.3 Å². The largest absolute Gasteiger partial charge is 0.493 e. The van der Waals surface area contributed by atoms with E-state index in [9.17, 15) is 4.79 Å². The van der Waals surface area contributed by atoms with Crippen molar-refractivity contribution in [1.29, 1.82) is 0 Å². The highest BCUT2D eigenvalue weighted by Crippen LogP contribution is 2.31. The molecule has 0 aliphatic carbocycles. The molecule has 0 unspecified atom stereocenters. The third kappa shape index (κ3) is 6.70. The van der Waals surface area contributed by atoms with Crippen LogP contribution in [0, 0.1) is 0 Å². The quantitative estimate of drug-likeness (QED) is 0.263. The summed E-state index contributed by atoms with van der Waals surface area (Å²) in [6.07, 6.45) is 1.76. The molecule has 0 fully saturated rings. The first-order chi connectivity index (χ1) is 15.1. The zero-order valence-electron chi connectivity index (χ0n) is 17.1. The normalized spacial score (nSPS) is 10.8. The summed E-state index contributed by atoms with van der Waals surface area (Å²) in [6, 6.07) is 13.0. The topological polar surface area (TPSA) is 82.0 Å². The van der Waals surface area contributed by atoms with Gasteiger partial charge in [-0.2, -0.15) is 5.10 Å². The standard InChI is InChI=1S/C22H22ClN3O4S/c1-3-29-20(27)11-18-14-31-22(25-18)26-24-12-16-7-5-9-19(28-2)21(16)30-13-15-6-4-8-17(23)10-15/h4-10,12,14H,3,11,13H2,1-2H3,(H,25,26). The van der Waals surface area contributed by atoms with E-state index in [2.05, 4.69) is 15.5 Å². The van der Waals surface area contributed by atoms with Gasteiger partial charge >= 0.3 is 5.97 Å². The highest BCUT2D eigenvalue weighted by molar-refractivity contribution is 7.13. The summed E-state index contributed by atoms with van der Waals surface area (Å²) < 4.78 is 16.4. The lowest BCUT2D eigenvalue weighted by Crippen LogP contribution is -2.07. The van der Waals surface area contributed by atoms with E-state index < -0.39 is 0 Å². The molecule has 0 spiro atoms. The molecule has 1 heterocycles. The van der Waals surface area contributed by atoms with Crippen molar-refractivity contribution in [2.24, 2.45) is 5.10 Å². The van der Waals surface area contributed by atoms with E-state index in [1.54, 1.807) is 25.6 Å². The van der Waals surface area contributed by atoms with Gasteiger partial charge in [-0.3, -0.25) is 10.2 Å². The maximum atomic E-state index is 11.6. The monoisotopic (exact) mass is 459 g/mol. The van der Waals surface area contributed by atoms with Gasteiger partial charge in [0.05, 0.1) is 32.0 Å². The van der Waals surface area contributed by atoms with Crippen molar-refractivity contribution in [3.8, 4) is 11.5 Å². The Bertz CT molecular complexity index is 1050. The van der Waals surface area contributed by atoms with E-state index in [0.29, 0.717) is 40.6 Å². The molecule has 0 atom stereocenters. The van der Waals surface area contributed by atoms with Crippen LogP contribution in [0.4, 0.5) is 5.13 Å². The Morgan fingerprint density at radius 3 is 2.90 bits per heavy atom. The number of aromatic nitrogens is 1. The van der Waals surface area contributed by atoms with Crippen molar-refractivity contribution < 1.29 is 19.0 Å². The zero-order chi connectivity index (χ0) is 22.1. The molecule has 31 heavy (non-hydrogen) atoms. The average molecular weight is 460 g/mol. The number of nitrogens with one attached hydrogen (secondary N) is 1. The maximum Gasteiger partial charge on any atom is 0.311 e. The molecule has 0 aliphatic rings. The number of anilines is 1. The molecule has 2 aromatic carbocycles. The van der Waals surface area contributed by atoms with Crippen LogP contribution in [-0.4, -0.2) is 30.9 Å². The molecular weight excluding hydrogens is 438 g/mol. The van der Waals surface area contributed by atoms with Crippen molar-refractivity contribution in [1.82, 2.24) is 4.98 Å². The van der Waals surface area contributed by atoms with Gasteiger partial charge in [0.1, 0.15) is 6.61 Å². The van der Waals surface area contributed by atoms with Crippen LogP contribution in [0.15, 0.2) is 52.9 Å². The number of thiazole rings is 1. The fraction of sp³-hybridized carbons (Fsp3) is 0.227. The molecule has 0 amide bonds. The third-order valence-corrected chi connectivity index (χ3v) is 5.08. The van der Waals surface area contributed by atoms with E-state index in [1.807, 2.05) is 42.5 Å². The summed E-state index contributed by atoms with van der Waals surface area (Å²) in [5.41, 5.74) is 5.18. The van der Waals surface area contributed by atoms with Crippen LogP contribution >= 0.6 is 22.9 Å². The highest BCUT2D eigenvalue weighted by atomic mass is 35.5. The second kappa shape index (κ2) is 11.3. The molecular formula is C22H22ClN3O4S. The van der Waals surface area contributed by atoms with Crippen LogP contribution in [0.25, 0.3) is 0 Å². The maximum absolute atomic E-state index is 11.6. The Balaban J connectivity index is 1.67. The third-order valence-electron chi connectivity index (χ3n) is 4.05. The number of hydrogen-bond acceptors (Lipinski definition) is 8. The van der Waals surface area contributed by atoms with Gasteiger partial charge in [-0.1, -0.05) is 29.8 Å². The molecule has 0 saturated carbocycles. The minimum atomic E-state index is -0.305. The van der Waals surface area contributed by atoms with Crippen LogP contribution < -0.4 is 14.9 Å². The SMILES string of the molecule is CCOC(=O)Cc1csc(NN=Cc2cccc(OC)c2OCc2cccc(Cl)c2)n1. The van der Waals surface area contributed by atoms with E-state index >= 15 is 0 Å². The van der Waals surface area contributed by atoms with Gasteiger partial charge in [0, 0.05) is 16.0 Å². The summed E-state index contributed by atoms with van der Waals surface area (Å²) in [5, 5.41) is 7.26. The van der Waals surface area contributed by atoms with Gasteiger partial charge in [-0.25, -0.2) is 4.98 Å². The van der Waals surface area contributed by atoms with E-state index in [-0.39, 0.29) is 12.4 Å². The summed E-state index contributed by atoms with van der Waals surface area (Å²) in [6.45, 7) is 2.45. The Labute approximate surface area is 189 Å². The fourth-order valence-corrected chi connectivity index (χ4v) is 3.56. The molecule has 3 aromatic rings. The Morgan fingerprint density at radius 1 is 1.29 bits per heavy atom. The van der Waals surface area contributed by atoms with Crippen molar-refractivity contribution >= 4 is 40.3 Å². The summed E-state index contributed by atoms with van der Waals surface area (Å²) in [4.78, 5) is 15.9. The number of rotatable bonds is 10. The number of benzene rings is 2. The summed E-state index contributed by atoms with van der Waals surface area (Å²) in [7, 11) is 1.58. The molecule has 3 rings (SSSR count). The van der Waals surface area contributed by atoms with Crippen LogP contribution in [-0.2, 0) is 22.6 Å². The number of ether oxygens (including phenoxy) is 3. The molecule has 7 nitrogen and oxygen atoms in total. The number of esters is 1. The number of carbonyl (C=O) groups excluding carboxylic acids is 1. The lowest BCUT2D eigenvalue weighted by molar-refractivity contribution is -0.142. The second-order valence-corrected chi connectivity index (χ2v) is 7.59. The number of para-hydroxylation sites is 1. The lowest BCUT2D eigenvalue weighted by Gasteiger charge is -2.13. The van der Waals surface area contributed by atoms with Crippen LogP contribution in [0.5, 0.6) is 11.5 Å². The smallest absolute Gasteiger partial charge is 0.311 e. The predicted molar refractivity (Wildman–Crippen MR) is 122 cm³/mol. The molecule has 1 N–H and O–H groups in total. The summed E-state index contributed by atoms with van der Waals surface area (Å²) in [5.74, 6) is 0.857. The minimum absolute atomic E-state index is 0.132. The number of halogens is 1. The van der Waals surface area contributed by atoms with Gasteiger partial charge in [-0.05, 0) is 36.8 Å². The first-order valence-corrected chi connectivity index (χ1v) is 10.8. The number of carbonyl (C=O) groups is 1. The first kappa shape index (κ1) is 22.6. The molecule has 1 aromatic heterocycles. The molecule has 162 valence electrons. The molecule has 0 bridgehead atoms. The van der Waals surface area contributed by atoms with E-state index in [4.69, 9.17) is 25.8 Å². The predicted octanol–water partition coefficient (Wildman–Crippen LogP) is 4.94. The highest BCUT2D eigenvalue weighted by Gasteiger charge is 2.11. The van der Waals surface area contributed by atoms with Crippen LogP contribution in [0.1, 0.15) is 23.7 Å². The van der Waals surface area contributed by atoms with Crippen molar-refractivity contribution in [2.75, 3.05) is 19.1 Å². The van der Waals surface area contributed by atoms with Gasteiger partial charge < -0.3 is 14.2 Å². The van der Waals surface area contributed by atoms with Crippen molar-refractivity contribution in [3.05, 3.63) is 69.7 Å². The summed E-state index contributed by atoms with van der Waals surface area (Å²) >= 11 is 7.40. The van der Waals surface area contributed by atoms with Gasteiger partial charge in [-0.15, -0.1) is 11.3 Å². The fourth-order valence-electron chi connectivity index (χ4n) is 2.69. The van der Waals surface area contributed by atoms with Gasteiger partial charge in [0.15, 0.2) is 11.5 Å². The Hall–Kier alpha value is -3.10. The molecule has 9 heteroatoms. The molecule has 0 radical (unpaired) electrons. The van der Waals surface area contributed by atoms with E-state index in [0.717, 1.165) is 11.1 Å². The van der Waals surface area contributed by atoms with Gasteiger partial charge in [0.2, 0.25) is 5.13 Å². The lowest BCUT2D eigenvalue weighted by atomic mass is 10.2. The van der Waals surface area contributed by atoms with Crippen LogP contribution in [0.3, 0.4) is 0 Å². The molecule has 0 saturated heterocycles. The molecule has 0 aliphatic heterocycles. The number of nitrogens with zero attached hydrogens (tertiary/aromatic N) is 2. The Kier molecular flexibility index (Phi) is 8.26. The second-order valence-electron chi connectivity index (χ2n) is 6.29. The zero-order valence-corrected chi connectivity index (χ0v) is 18.7. The number of hydrazone groups is 1.